The molecule has 1 aliphatic rings. The summed E-state index contributed by atoms with van der Waals surface area (Å²) in [7, 11) is -3.90. The highest BCUT2D eigenvalue weighted by Gasteiger charge is 2.21. The SMILES string of the molecule is CCCNC(=O)c1cc(NS(=O)(=O)c2ccc(F)cc2)ccc1N1CCNCC1. The lowest BCUT2D eigenvalue weighted by molar-refractivity contribution is 0.0954. The van der Waals surface area contributed by atoms with E-state index in [-0.39, 0.29) is 16.5 Å². The first-order valence-electron chi connectivity index (χ1n) is 9.57. The molecule has 3 rings (SSSR count). The molecule has 3 N–H and O–H groups in total. The molecule has 0 unspecified atom stereocenters. The van der Waals surface area contributed by atoms with Crippen LogP contribution in [0.3, 0.4) is 0 Å². The third kappa shape index (κ3) is 5.24. The second kappa shape index (κ2) is 9.23. The number of halogens is 1. The topological polar surface area (TPSA) is 90.5 Å². The predicted molar refractivity (Wildman–Crippen MR) is 111 cm³/mol. The van der Waals surface area contributed by atoms with Crippen molar-refractivity contribution in [1.29, 1.82) is 0 Å². The molecular formula is C20H25FN4O3S. The molecule has 9 heteroatoms. The van der Waals surface area contributed by atoms with Crippen molar-refractivity contribution in [3.05, 3.63) is 53.8 Å². The fraction of sp³-hybridized carbons (Fsp3) is 0.350. The van der Waals surface area contributed by atoms with Crippen LogP contribution in [0.15, 0.2) is 47.4 Å². The highest BCUT2D eigenvalue weighted by Crippen LogP contribution is 2.26. The molecule has 1 heterocycles. The number of sulfonamides is 1. The highest BCUT2D eigenvalue weighted by molar-refractivity contribution is 7.92. The minimum Gasteiger partial charge on any atom is -0.368 e. The Kier molecular flexibility index (Phi) is 6.71. The van der Waals surface area contributed by atoms with Crippen molar-refractivity contribution in [1.82, 2.24) is 10.6 Å². The van der Waals surface area contributed by atoms with Gasteiger partial charge in [0.15, 0.2) is 0 Å². The summed E-state index contributed by atoms with van der Waals surface area (Å²) in [5.41, 5.74) is 1.46. The summed E-state index contributed by atoms with van der Waals surface area (Å²) in [6.07, 6.45) is 0.797. The maximum atomic E-state index is 13.1. The molecule has 0 atom stereocenters. The van der Waals surface area contributed by atoms with Gasteiger partial charge in [0.2, 0.25) is 0 Å². The molecule has 7 nitrogen and oxygen atoms in total. The van der Waals surface area contributed by atoms with Crippen molar-refractivity contribution >= 4 is 27.3 Å². The highest BCUT2D eigenvalue weighted by atomic mass is 32.2. The van der Waals surface area contributed by atoms with Crippen LogP contribution in [0, 0.1) is 5.82 Å². The summed E-state index contributed by atoms with van der Waals surface area (Å²) < 4.78 is 40.8. The Hall–Kier alpha value is -2.65. The summed E-state index contributed by atoms with van der Waals surface area (Å²) in [5.74, 6) is -0.762. The van der Waals surface area contributed by atoms with E-state index in [1.165, 1.54) is 12.1 Å². The van der Waals surface area contributed by atoms with Crippen molar-refractivity contribution in [3.63, 3.8) is 0 Å². The first-order valence-corrected chi connectivity index (χ1v) is 11.1. The van der Waals surface area contributed by atoms with Gasteiger partial charge in [-0.3, -0.25) is 9.52 Å². The molecule has 0 aromatic heterocycles. The molecule has 0 saturated carbocycles. The van der Waals surface area contributed by atoms with E-state index in [0.717, 1.165) is 50.4 Å². The van der Waals surface area contributed by atoms with E-state index in [4.69, 9.17) is 0 Å². The number of anilines is 2. The Bertz CT molecular complexity index is 958. The summed E-state index contributed by atoms with van der Waals surface area (Å²) >= 11 is 0. The Balaban J connectivity index is 1.91. The van der Waals surface area contributed by atoms with E-state index in [2.05, 4.69) is 20.3 Å². The molecule has 1 fully saturated rings. The number of amides is 1. The molecule has 156 valence electrons. The zero-order chi connectivity index (χ0) is 20.9. The fourth-order valence-electron chi connectivity index (χ4n) is 3.12. The van der Waals surface area contributed by atoms with Crippen LogP contribution in [0.1, 0.15) is 23.7 Å². The number of nitrogens with one attached hydrogen (secondary N) is 3. The van der Waals surface area contributed by atoms with Crippen LogP contribution in [-0.4, -0.2) is 47.0 Å². The van der Waals surface area contributed by atoms with E-state index >= 15 is 0 Å². The van der Waals surface area contributed by atoms with E-state index in [1.807, 2.05) is 6.92 Å². The maximum absolute atomic E-state index is 13.1. The van der Waals surface area contributed by atoms with Crippen LogP contribution < -0.4 is 20.3 Å². The minimum atomic E-state index is -3.90. The van der Waals surface area contributed by atoms with Crippen molar-refractivity contribution in [2.75, 3.05) is 42.3 Å². The zero-order valence-electron chi connectivity index (χ0n) is 16.2. The van der Waals surface area contributed by atoms with Crippen LogP contribution in [0.4, 0.5) is 15.8 Å². The second-order valence-corrected chi connectivity index (χ2v) is 8.47. The lowest BCUT2D eigenvalue weighted by Crippen LogP contribution is -2.44. The monoisotopic (exact) mass is 420 g/mol. The largest absolute Gasteiger partial charge is 0.368 e. The Morgan fingerprint density at radius 3 is 2.48 bits per heavy atom. The normalized spacial score (nSPS) is 14.5. The third-order valence-electron chi connectivity index (χ3n) is 4.61. The van der Waals surface area contributed by atoms with Gasteiger partial charge < -0.3 is 15.5 Å². The van der Waals surface area contributed by atoms with E-state index in [0.29, 0.717) is 12.1 Å². The number of hydrogen-bond donors (Lipinski definition) is 3. The third-order valence-corrected chi connectivity index (χ3v) is 6.01. The van der Waals surface area contributed by atoms with Crippen LogP contribution in [0.25, 0.3) is 0 Å². The average Bonchev–Trinajstić information content (AvgIpc) is 2.72. The minimum absolute atomic E-state index is 0.0536. The van der Waals surface area contributed by atoms with Gasteiger partial charge in [0.05, 0.1) is 10.5 Å². The van der Waals surface area contributed by atoms with Gasteiger partial charge in [-0.2, -0.15) is 0 Å². The molecule has 1 saturated heterocycles. The number of rotatable bonds is 7. The molecule has 29 heavy (non-hydrogen) atoms. The molecule has 1 amide bonds. The molecular weight excluding hydrogens is 395 g/mol. The molecule has 0 radical (unpaired) electrons. The van der Waals surface area contributed by atoms with E-state index in [9.17, 15) is 17.6 Å². The summed E-state index contributed by atoms with van der Waals surface area (Å²) in [6, 6.07) is 9.51. The summed E-state index contributed by atoms with van der Waals surface area (Å²) in [4.78, 5) is 14.8. The van der Waals surface area contributed by atoms with Gasteiger partial charge in [0.25, 0.3) is 15.9 Å². The molecule has 0 aliphatic carbocycles. The summed E-state index contributed by atoms with van der Waals surface area (Å²) in [5, 5.41) is 6.13. The van der Waals surface area contributed by atoms with Gasteiger partial charge in [0, 0.05) is 44.1 Å². The Labute approximate surface area is 170 Å². The molecule has 2 aromatic carbocycles. The number of carbonyl (C=O) groups is 1. The molecule has 1 aliphatic heterocycles. The number of carbonyl (C=O) groups excluding carboxylic acids is 1. The molecule has 0 bridgehead atoms. The maximum Gasteiger partial charge on any atom is 0.261 e. The van der Waals surface area contributed by atoms with Crippen LogP contribution >= 0.6 is 0 Å². The van der Waals surface area contributed by atoms with Gasteiger partial charge >= 0.3 is 0 Å². The Morgan fingerprint density at radius 2 is 1.83 bits per heavy atom. The van der Waals surface area contributed by atoms with Crippen molar-refractivity contribution in [2.24, 2.45) is 0 Å². The van der Waals surface area contributed by atoms with Gasteiger partial charge in [0.1, 0.15) is 5.82 Å². The fourth-order valence-corrected chi connectivity index (χ4v) is 4.17. The van der Waals surface area contributed by atoms with E-state index < -0.39 is 15.8 Å². The Morgan fingerprint density at radius 1 is 1.14 bits per heavy atom. The smallest absolute Gasteiger partial charge is 0.261 e. The quantitative estimate of drug-likeness (QED) is 0.639. The van der Waals surface area contributed by atoms with Crippen LogP contribution in [0.2, 0.25) is 0 Å². The van der Waals surface area contributed by atoms with Crippen molar-refractivity contribution in [3.8, 4) is 0 Å². The van der Waals surface area contributed by atoms with Gasteiger partial charge in [-0.1, -0.05) is 6.92 Å². The second-order valence-electron chi connectivity index (χ2n) is 6.78. The first-order chi connectivity index (χ1) is 13.9. The lowest BCUT2D eigenvalue weighted by Gasteiger charge is -2.31. The average molecular weight is 421 g/mol. The molecule has 2 aromatic rings. The number of benzene rings is 2. The van der Waals surface area contributed by atoms with Crippen LogP contribution in [0.5, 0.6) is 0 Å². The standard InChI is InChI=1S/C20H25FN4O3S/c1-2-9-23-20(26)18-14-16(5-8-19(18)25-12-10-22-11-13-25)24-29(27,28)17-6-3-15(21)4-7-17/h3-8,14,22,24H,2,9-13H2,1H3,(H,23,26). The number of nitrogens with zero attached hydrogens (tertiary/aromatic N) is 1. The van der Waals surface area contributed by atoms with Gasteiger partial charge in [-0.25, -0.2) is 12.8 Å². The van der Waals surface area contributed by atoms with Crippen LogP contribution in [-0.2, 0) is 10.0 Å². The van der Waals surface area contributed by atoms with Gasteiger partial charge in [-0.15, -0.1) is 0 Å². The van der Waals surface area contributed by atoms with Crippen molar-refractivity contribution < 1.29 is 17.6 Å². The lowest BCUT2D eigenvalue weighted by atomic mass is 10.1. The predicted octanol–water partition coefficient (Wildman–Crippen LogP) is 2.18. The van der Waals surface area contributed by atoms with Gasteiger partial charge in [-0.05, 0) is 48.9 Å². The zero-order valence-corrected chi connectivity index (χ0v) is 17.1. The number of hydrogen-bond acceptors (Lipinski definition) is 5. The first kappa shape index (κ1) is 21.1. The van der Waals surface area contributed by atoms with Crippen molar-refractivity contribution in [2.45, 2.75) is 18.2 Å². The summed E-state index contributed by atoms with van der Waals surface area (Å²) in [6.45, 7) is 5.64. The van der Waals surface area contributed by atoms with E-state index in [1.54, 1.807) is 18.2 Å². The number of piperazine rings is 1. The molecule has 0 spiro atoms.